The molecule has 0 saturated heterocycles. The lowest BCUT2D eigenvalue weighted by Crippen LogP contribution is -2.33. The van der Waals surface area contributed by atoms with Crippen molar-refractivity contribution in [3.8, 4) is 0 Å². The third-order valence-electron chi connectivity index (χ3n) is 2.25. The third-order valence-corrected chi connectivity index (χ3v) is 4.84. The van der Waals surface area contributed by atoms with Crippen LogP contribution in [-0.2, 0) is 10.0 Å². The Balaban J connectivity index is 3.11. The van der Waals surface area contributed by atoms with E-state index < -0.39 is 14.8 Å². The van der Waals surface area contributed by atoms with Gasteiger partial charge in [-0.1, -0.05) is 22.0 Å². The van der Waals surface area contributed by atoms with Crippen LogP contribution in [0.5, 0.6) is 0 Å². The Labute approximate surface area is 105 Å². The molecule has 0 bridgehead atoms. The second-order valence-corrected chi connectivity index (χ2v) is 8.03. The van der Waals surface area contributed by atoms with Gasteiger partial charge in [-0.2, -0.15) is 0 Å². The van der Waals surface area contributed by atoms with Gasteiger partial charge in [-0.05, 0) is 45.4 Å². The maximum Gasteiger partial charge on any atom is 0.237 e. The third kappa shape index (κ3) is 2.98. The highest BCUT2D eigenvalue weighted by atomic mass is 79.9. The number of aryl methyl sites for hydroxylation is 1. The van der Waals surface area contributed by atoms with Crippen molar-refractivity contribution in [2.24, 2.45) is 0 Å². The number of nitrogens with one attached hydrogen (secondary N) is 1. The average molecular weight is 306 g/mol. The smallest absolute Gasteiger partial charge is 0.237 e. The minimum Gasteiger partial charge on any atom is -0.283 e. The van der Waals surface area contributed by atoms with Crippen molar-refractivity contribution in [1.82, 2.24) is 0 Å². The molecule has 1 aromatic carbocycles. The monoisotopic (exact) mass is 305 g/mol. The van der Waals surface area contributed by atoms with Crippen LogP contribution in [0.15, 0.2) is 22.7 Å². The highest BCUT2D eigenvalue weighted by Gasteiger charge is 2.29. The van der Waals surface area contributed by atoms with E-state index in [1.54, 1.807) is 26.8 Å². The lowest BCUT2D eigenvalue weighted by molar-refractivity contribution is 0.566. The van der Waals surface area contributed by atoms with E-state index in [9.17, 15) is 8.42 Å². The van der Waals surface area contributed by atoms with Gasteiger partial charge >= 0.3 is 0 Å². The van der Waals surface area contributed by atoms with E-state index in [1.807, 2.05) is 19.1 Å². The number of rotatable bonds is 2. The number of hydrogen-bond acceptors (Lipinski definition) is 2. The summed E-state index contributed by atoms with van der Waals surface area (Å²) in [4.78, 5) is 0. The fraction of sp³-hybridized carbons (Fsp3) is 0.455. The summed E-state index contributed by atoms with van der Waals surface area (Å²) in [5.74, 6) is 0. The molecule has 0 radical (unpaired) electrons. The highest BCUT2D eigenvalue weighted by Crippen LogP contribution is 2.25. The molecule has 1 rings (SSSR count). The summed E-state index contributed by atoms with van der Waals surface area (Å²) in [7, 11) is -3.36. The van der Waals surface area contributed by atoms with Crippen molar-refractivity contribution in [3.05, 3.63) is 28.2 Å². The fourth-order valence-electron chi connectivity index (χ4n) is 1.00. The van der Waals surface area contributed by atoms with Crippen LogP contribution in [-0.4, -0.2) is 13.2 Å². The van der Waals surface area contributed by atoms with Crippen molar-refractivity contribution in [1.29, 1.82) is 0 Å². The number of hydrogen-bond donors (Lipinski definition) is 1. The predicted molar refractivity (Wildman–Crippen MR) is 71.2 cm³/mol. The molecule has 0 aliphatic rings. The number of sulfonamides is 1. The van der Waals surface area contributed by atoms with E-state index in [2.05, 4.69) is 20.7 Å². The zero-order valence-electron chi connectivity index (χ0n) is 9.83. The normalized spacial score (nSPS) is 12.6. The van der Waals surface area contributed by atoms with E-state index in [4.69, 9.17) is 0 Å². The van der Waals surface area contributed by atoms with Crippen molar-refractivity contribution in [3.63, 3.8) is 0 Å². The summed E-state index contributed by atoms with van der Waals surface area (Å²) in [5.41, 5.74) is 1.51. The van der Waals surface area contributed by atoms with Gasteiger partial charge in [-0.25, -0.2) is 8.42 Å². The Bertz CT molecular complexity index is 489. The second-order valence-electron chi connectivity index (χ2n) is 4.68. The molecule has 0 fully saturated rings. The topological polar surface area (TPSA) is 46.2 Å². The second kappa shape index (κ2) is 4.37. The molecule has 0 atom stereocenters. The van der Waals surface area contributed by atoms with E-state index in [-0.39, 0.29) is 0 Å². The van der Waals surface area contributed by atoms with Crippen LogP contribution < -0.4 is 4.72 Å². The van der Waals surface area contributed by atoms with Gasteiger partial charge in [0, 0.05) is 4.47 Å². The average Bonchev–Trinajstić information content (AvgIpc) is 2.09. The van der Waals surface area contributed by atoms with E-state index >= 15 is 0 Å². The summed E-state index contributed by atoms with van der Waals surface area (Å²) in [6, 6.07) is 5.51. The van der Waals surface area contributed by atoms with Gasteiger partial charge in [0.15, 0.2) is 0 Å². The Morgan fingerprint density at radius 3 is 2.31 bits per heavy atom. The minimum atomic E-state index is -3.36. The zero-order chi connectivity index (χ0) is 12.6. The van der Waals surface area contributed by atoms with Gasteiger partial charge < -0.3 is 0 Å². The Kier molecular flexibility index (Phi) is 3.69. The molecular weight excluding hydrogens is 290 g/mol. The lowest BCUT2D eigenvalue weighted by atomic mass is 10.2. The quantitative estimate of drug-likeness (QED) is 0.911. The van der Waals surface area contributed by atoms with Crippen molar-refractivity contribution in [2.75, 3.05) is 4.72 Å². The minimum absolute atomic E-state index is 0.615. The van der Waals surface area contributed by atoms with Gasteiger partial charge in [-0.3, -0.25) is 4.72 Å². The van der Waals surface area contributed by atoms with Crippen molar-refractivity contribution < 1.29 is 8.42 Å². The lowest BCUT2D eigenvalue weighted by Gasteiger charge is -2.21. The predicted octanol–water partition coefficient (Wildman–Crippen LogP) is 3.30. The van der Waals surface area contributed by atoms with Crippen LogP contribution in [0.2, 0.25) is 0 Å². The summed E-state index contributed by atoms with van der Waals surface area (Å²) in [5, 5.41) is 0. The van der Waals surface area contributed by atoms with Gasteiger partial charge in [0.25, 0.3) is 0 Å². The van der Waals surface area contributed by atoms with Gasteiger partial charge in [0.1, 0.15) is 0 Å². The van der Waals surface area contributed by atoms with Crippen LogP contribution in [0.25, 0.3) is 0 Å². The molecular formula is C11H16BrNO2S. The molecule has 16 heavy (non-hydrogen) atoms. The number of anilines is 1. The van der Waals surface area contributed by atoms with Gasteiger partial charge in [0.05, 0.1) is 10.4 Å². The molecule has 90 valence electrons. The molecule has 1 N–H and O–H groups in total. The van der Waals surface area contributed by atoms with Crippen molar-refractivity contribution >= 4 is 31.6 Å². The highest BCUT2D eigenvalue weighted by molar-refractivity contribution is 9.10. The van der Waals surface area contributed by atoms with Crippen LogP contribution >= 0.6 is 15.9 Å². The first kappa shape index (κ1) is 13.5. The fourth-order valence-corrected chi connectivity index (χ4v) is 2.18. The van der Waals surface area contributed by atoms with E-state index in [0.29, 0.717) is 5.69 Å². The first-order chi connectivity index (χ1) is 7.13. The maximum atomic E-state index is 12.0. The Morgan fingerprint density at radius 2 is 1.81 bits per heavy atom. The van der Waals surface area contributed by atoms with Gasteiger partial charge in [-0.15, -0.1) is 0 Å². The zero-order valence-corrected chi connectivity index (χ0v) is 12.2. The molecule has 5 heteroatoms. The Morgan fingerprint density at radius 1 is 1.25 bits per heavy atom. The first-order valence-electron chi connectivity index (χ1n) is 4.92. The SMILES string of the molecule is Cc1ccc(Br)cc1NS(=O)(=O)C(C)(C)C. The molecule has 3 nitrogen and oxygen atoms in total. The summed E-state index contributed by atoms with van der Waals surface area (Å²) < 4.78 is 26.6. The molecule has 0 aromatic heterocycles. The van der Waals surface area contributed by atoms with Crippen LogP contribution in [0.1, 0.15) is 26.3 Å². The van der Waals surface area contributed by atoms with Crippen LogP contribution in [0.4, 0.5) is 5.69 Å². The molecule has 0 saturated carbocycles. The summed E-state index contributed by atoms with van der Waals surface area (Å²) in [6.07, 6.45) is 0. The summed E-state index contributed by atoms with van der Waals surface area (Å²) in [6.45, 7) is 6.88. The van der Waals surface area contributed by atoms with E-state index in [0.717, 1.165) is 10.0 Å². The standard InChI is InChI=1S/C11H16BrNO2S/c1-8-5-6-9(12)7-10(8)13-16(14,15)11(2,3)4/h5-7,13H,1-4H3. The van der Waals surface area contributed by atoms with Gasteiger partial charge in [0.2, 0.25) is 10.0 Å². The number of benzene rings is 1. The molecule has 1 aromatic rings. The first-order valence-corrected chi connectivity index (χ1v) is 7.19. The van der Waals surface area contributed by atoms with Crippen LogP contribution in [0.3, 0.4) is 0 Å². The largest absolute Gasteiger partial charge is 0.283 e. The molecule has 0 amide bonds. The Hall–Kier alpha value is -0.550. The summed E-state index contributed by atoms with van der Waals surface area (Å²) >= 11 is 3.32. The van der Waals surface area contributed by atoms with E-state index in [1.165, 1.54) is 0 Å². The molecule has 0 unspecified atom stereocenters. The molecule has 0 aliphatic carbocycles. The maximum absolute atomic E-state index is 12.0. The molecule has 0 spiro atoms. The number of halogens is 1. The van der Waals surface area contributed by atoms with Crippen LogP contribution in [0, 0.1) is 6.92 Å². The molecule has 0 heterocycles. The van der Waals surface area contributed by atoms with Crippen molar-refractivity contribution in [2.45, 2.75) is 32.4 Å². The molecule has 0 aliphatic heterocycles.